The molecule has 0 radical (unpaired) electrons. The molecule has 1 aromatic heterocycles. The summed E-state index contributed by atoms with van der Waals surface area (Å²) in [4.78, 5) is 0. The number of rotatable bonds is 2. The van der Waals surface area contributed by atoms with Gasteiger partial charge in [-0.1, -0.05) is 35.3 Å². The summed E-state index contributed by atoms with van der Waals surface area (Å²) in [7, 11) is 1.49. The van der Waals surface area contributed by atoms with Crippen LogP contribution in [0.3, 0.4) is 0 Å². The van der Waals surface area contributed by atoms with Gasteiger partial charge in [0.25, 0.3) is 5.88 Å². The van der Waals surface area contributed by atoms with Gasteiger partial charge in [0.1, 0.15) is 5.02 Å². The van der Waals surface area contributed by atoms with Crippen LogP contribution in [0, 0.1) is 0 Å². The second kappa shape index (κ2) is 4.68. The van der Waals surface area contributed by atoms with Gasteiger partial charge in [-0.25, -0.2) is 0 Å². The van der Waals surface area contributed by atoms with E-state index in [1.54, 1.807) is 18.2 Å². The summed E-state index contributed by atoms with van der Waals surface area (Å²) in [5.74, 6) is 0.312. The molecule has 2 rings (SSSR count). The Kier molecular flexibility index (Phi) is 3.27. The summed E-state index contributed by atoms with van der Waals surface area (Å²) in [6, 6.07) is 9.02. The second-order valence-corrected chi connectivity index (χ2v) is 3.94. The van der Waals surface area contributed by atoms with Crippen molar-refractivity contribution >= 4 is 23.2 Å². The maximum atomic E-state index is 5.96. The molecule has 0 bridgehead atoms. The molecule has 0 fully saturated rings. The van der Waals surface area contributed by atoms with Crippen LogP contribution in [0.25, 0.3) is 11.3 Å². The minimum Gasteiger partial charge on any atom is -0.479 e. The Balaban J connectivity index is 2.45. The topological polar surface area (TPSA) is 35.0 Å². The maximum Gasteiger partial charge on any atom is 0.252 e. The van der Waals surface area contributed by atoms with E-state index in [1.807, 2.05) is 12.1 Å². The molecule has 0 N–H and O–H groups in total. The normalized spacial score (nSPS) is 10.2. The van der Waals surface area contributed by atoms with Crippen LogP contribution in [0.1, 0.15) is 0 Å². The zero-order valence-corrected chi connectivity index (χ0v) is 9.96. The fourth-order valence-electron chi connectivity index (χ4n) is 1.28. The van der Waals surface area contributed by atoms with Crippen LogP contribution in [-0.4, -0.2) is 17.3 Å². The van der Waals surface area contributed by atoms with Crippen molar-refractivity contribution in [2.45, 2.75) is 0 Å². The Morgan fingerprint density at radius 1 is 1.12 bits per heavy atom. The lowest BCUT2D eigenvalue weighted by Crippen LogP contribution is -1.93. The smallest absolute Gasteiger partial charge is 0.252 e. The Bertz CT molecular complexity index is 517. The van der Waals surface area contributed by atoms with Gasteiger partial charge in [-0.05, 0) is 18.2 Å². The van der Waals surface area contributed by atoms with Gasteiger partial charge in [-0.15, -0.1) is 10.2 Å². The van der Waals surface area contributed by atoms with E-state index >= 15 is 0 Å². The highest BCUT2D eigenvalue weighted by Gasteiger charge is 2.07. The molecule has 0 aliphatic heterocycles. The highest BCUT2D eigenvalue weighted by atomic mass is 35.5. The van der Waals surface area contributed by atoms with Crippen molar-refractivity contribution in [2.24, 2.45) is 0 Å². The minimum atomic E-state index is 0.312. The van der Waals surface area contributed by atoms with E-state index in [-0.39, 0.29) is 0 Å². The van der Waals surface area contributed by atoms with Gasteiger partial charge in [-0.3, -0.25) is 0 Å². The number of nitrogens with zero attached hydrogens (tertiary/aromatic N) is 2. The monoisotopic (exact) mass is 254 g/mol. The molecular weight excluding hydrogens is 247 g/mol. The summed E-state index contributed by atoms with van der Waals surface area (Å²) in [5, 5.41) is 8.93. The molecule has 82 valence electrons. The molecule has 3 nitrogen and oxygen atoms in total. The zero-order valence-electron chi connectivity index (χ0n) is 8.45. The maximum absolute atomic E-state index is 5.96. The molecule has 0 unspecified atom stereocenters. The van der Waals surface area contributed by atoms with Crippen molar-refractivity contribution in [2.75, 3.05) is 7.11 Å². The number of halogens is 2. The fourth-order valence-corrected chi connectivity index (χ4v) is 1.69. The fraction of sp³-hybridized carbons (Fsp3) is 0.0909. The summed E-state index contributed by atoms with van der Waals surface area (Å²) < 4.78 is 4.93. The van der Waals surface area contributed by atoms with Crippen molar-refractivity contribution in [1.82, 2.24) is 10.2 Å². The predicted octanol–water partition coefficient (Wildman–Crippen LogP) is 3.46. The molecule has 0 aliphatic carbocycles. The first-order valence-electron chi connectivity index (χ1n) is 4.54. The van der Waals surface area contributed by atoms with Crippen molar-refractivity contribution in [3.05, 3.63) is 40.4 Å². The number of methoxy groups -OCH3 is 1. The third-order valence-corrected chi connectivity index (χ3v) is 2.54. The molecule has 16 heavy (non-hydrogen) atoms. The predicted molar refractivity (Wildman–Crippen MR) is 64.0 cm³/mol. The quantitative estimate of drug-likeness (QED) is 0.824. The van der Waals surface area contributed by atoms with Gasteiger partial charge in [0, 0.05) is 10.6 Å². The summed E-state index contributed by atoms with van der Waals surface area (Å²) in [5.41, 5.74) is 1.53. The van der Waals surface area contributed by atoms with Crippen molar-refractivity contribution < 1.29 is 4.74 Å². The standard InChI is InChI=1S/C11H8Cl2N2O/c1-16-11-9(13)6-10(14-15-11)7-3-2-4-8(12)5-7/h2-6H,1H3. The number of benzene rings is 1. The molecule has 0 saturated heterocycles. The third-order valence-electron chi connectivity index (χ3n) is 2.03. The van der Waals surface area contributed by atoms with Crippen LogP contribution >= 0.6 is 23.2 Å². The molecule has 0 spiro atoms. The summed E-state index contributed by atoms with van der Waals surface area (Å²) in [6.07, 6.45) is 0. The van der Waals surface area contributed by atoms with Crippen LogP contribution in [0.5, 0.6) is 5.88 Å². The van der Waals surface area contributed by atoms with Crippen LogP contribution < -0.4 is 4.74 Å². The zero-order chi connectivity index (χ0) is 11.5. The largest absolute Gasteiger partial charge is 0.479 e. The lowest BCUT2D eigenvalue weighted by atomic mass is 10.1. The first-order valence-corrected chi connectivity index (χ1v) is 5.29. The lowest BCUT2D eigenvalue weighted by Gasteiger charge is -2.04. The summed E-state index contributed by atoms with van der Waals surface area (Å²) >= 11 is 11.8. The van der Waals surface area contributed by atoms with Gasteiger partial charge in [0.05, 0.1) is 12.8 Å². The number of ether oxygens (including phenoxy) is 1. The Morgan fingerprint density at radius 2 is 1.94 bits per heavy atom. The van der Waals surface area contributed by atoms with E-state index in [9.17, 15) is 0 Å². The Labute approximate surface area is 103 Å². The lowest BCUT2D eigenvalue weighted by molar-refractivity contribution is 0.392. The van der Waals surface area contributed by atoms with E-state index in [0.717, 1.165) is 5.56 Å². The van der Waals surface area contributed by atoms with Crippen molar-refractivity contribution in [3.8, 4) is 17.1 Å². The van der Waals surface area contributed by atoms with E-state index in [1.165, 1.54) is 7.11 Å². The highest BCUT2D eigenvalue weighted by Crippen LogP contribution is 2.26. The number of hydrogen-bond acceptors (Lipinski definition) is 3. The first kappa shape index (κ1) is 11.2. The summed E-state index contributed by atoms with van der Waals surface area (Å²) in [6.45, 7) is 0. The van der Waals surface area contributed by atoms with Crippen molar-refractivity contribution in [1.29, 1.82) is 0 Å². The molecule has 2 aromatic rings. The van der Waals surface area contributed by atoms with Crippen LogP contribution in [-0.2, 0) is 0 Å². The molecule has 0 saturated carbocycles. The van der Waals surface area contributed by atoms with Crippen LogP contribution in [0.4, 0.5) is 0 Å². The molecule has 1 heterocycles. The van der Waals surface area contributed by atoms with E-state index in [4.69, 9.17) is 27.9 Å². The van der Waals surface area contributed by atoms with Gasteiger partial charge in [-0.2, -0.15) is 0 Å². The molecular formula is C11H8Cl2N2O. The van der Waals surface area contributed by atoms with Crippen LogP contribution in [0.2, 0.25) is 10.0 Å². The van der Waals surface area contributed by atoms with Gasteiger partial charge >= 0.3 is 0 Å². The third kappa shape index (κ3) is 2.26. The Hall–Kier alpha value is -1.32. The van der Waals surface area contributed by atoms with E-state index < -0.39 is 0 Å². The molecule has 0 amide bonds. The number of hydrogen-bond donors (Lipinski definition) is 0. The molecule has 0 atom stereocenters. The van der Waals surface area contributed by atoms with E-state index in [0.29, 0.717) is 21.6 Å². The van der Waals surface area contributed by atoms with Gasteiger partial charge < -0.3 is 4.74 Å². The second-order valence-electron chi connectivity index (χ2n) is 3.10. The average Bonchev–Trinajstić information content (AvgIpc) is 2.29. The number of aromatic nitrogens is 2. The molecule has 5 heteroatoms. The SMILES string of the molecule is COc1nnc(-c2cccc(Cl)c2)cc1Cl. The van der Waals surface area contributed by atoms with Gasteiger partial charge in [0.15, 0.2) is 0 Å². The minimum absolute atomic E-state index is 0.312. The average molecular weight is 255 g/mol. The Morgan fingerprint density at radius 3 is 2.56 bits per heavy atom. The first-order chi connectivity index (χ1) is 7.70. The highest BCUT2D eigenvalue weighted by molar-refractivity contribution is 6.32. The molecule has 1 aromatic carbocycles. The van der Waals surface area contributed by atoms with Gasteiger partial charge in [0.2, 0.25) is 0 Å². The van der Waals surface area contributed by atoms with E-state index in [2.05, 4.69) is 10.2 Å². The molecule has 0 aliphatic rings. The van der Waals surface area contributed by atoms with Crippen LogP contribution in [0.15, 0.2) is 30.3 Å². The van der Waals surface area contributed by atoms with Crippen molar-refractivity contribution in [3.63, 3.8) is 0 Å².